The third kappa shape index (κ3) is 3.37. The van der Waals surface area contributed by atoms with Crippen LogP contribution in [0.5, 0.6) is 0 Å². The van der Waals surface area contributed by atoms with Crippen molar-refractivity contribution in [2.45, 2.75) is 46.1 Å². The molecule has 3 nitrogen and oxygen atoms in total. The minimum atomic E-state index is -0.238. The number of benzene rings is 1. The molecular formula is C16H23FN2O. The molecule has 1 heterocycles. The number of fused-ring (bicyclic) bond motifs is 1. The Balaban J connectivity index is 2.32. The second-order valence-corrected chi connectivity index (χ2v) is 5.82. The van der Waals surface area contributed by atoms with Gasteiger partial charge in [-0.1, -0.05) is 20.8 Å². The predicted molar refractivity (Wildman–Crippen MR) is 79.2 cm³/mol. The van der Waals surface area contributed by atoms with Gasteiger partial charge in [-0.05, 0) is 43.0 Å². The van der Waals surface area contributed by atoms with Crippen molar-refractivity contribution in [1.29, 1.82) is 0 Å². The van der Waals surface area contributed by atoms with Gasteiger partial charge in [0.2, 0.25) is 5.91 Å². The average molecular weight is 278 g/mol. The molecule has 0 spiro atoms. The fraction of sp³-hybridized carbons (Fsp3) is 0.562. The van der Waals surface area contributed by atoms with Crippen LogP contribution in [-0.4, -0.2) is 12.5 Å². The van der Waals surface area contributed by atoms with Crippen LogP contribution in [0, 0.1) is 11.7 Å². The molecule has 0 fully saturated rings. The van der Waals surface area contributed by atoms with Gasteiger partial charge in [0, 0.05) is 23.7 Å². The van der Waals surface area contributed by atoms with Gasteiger partial charge in [-0.15, -0.1) is 0 Å². The zero-order valence-corrected chi connectivity index (χ0v) is 12.4. The Morgan fingerprint density at radius 3 is 2.75 bits per heavy atom. The molecule has 1 atom stereocenters. The first-order chi connectivity index (χ1) is 9.51. The molecule has 20 heavy (non-hydrogen) atoms. The van der Waals surface area contributed by atoms with E-state index in [1.807, 2.05) is 13.0 Å². The number of aryl methyl sites for hydroxylation is 1. The number of hydrogen-bond donors (Lipinski definition) is 2. The van der Waals surface area contributed by atoms with Gasteiger partial charge in [-0.3, -0.25) is 4.79 Å². The zero-order chi connectivity index (χ0) is 14.7. The van der Waals surface area contributed by atoms with Gasteiger partial charge >= 0.3 is 0 Å². The van der Waals surface area contributed by atoms with Gasteiger partial charge in [0.1, 0.15) is 5.82 Å². The van der Waals surface area contributed by atoms with Gasteiger partial charge in [0.15, 0.2) is 0 Å². The van der Waals surface area contributed by atoms with Gasteiger partial charge in [0.25, 0.3) is 0 Å². The van der Waals surface area contributed by atoms with E-state index in [4.69, 9.17) is 0 Å². The molecule has 1 aromatic carbocycles. The Kier molecular flexibility index (Phi) is 4.76. The Labute approximate surface area is 120 Å². The summed E-state index contributed by atoms with van der Waals surface area (Å²) in [6.07, 6.45) is 2.07. The average Bonchev–Trinajstić information content (AvgIpc) is 2.36. The number of carbonyl (C=O) groups is 1. The summed E-state index contributed by atoms with van der Waals surface area (Å²) in [7, 11) is 0. The standard InChI is InChI=1S/C16H23FN2O/c1-4-18-15(7-10(2)3)12-8-11-5-6-16(20)19-14(11)9-13(12)17/h8-10,15,18H,4-7H2,1-3H3,(H,19,20). The third-order valence-corrected chi connectivity index (χ3v) is 3.65. The topological polar surface area (TPSA) is 41.1 Å². The molecule has 1 amide bonds. The molecule has 0 saturated heterocycles. The van der Waals surface area contributed by atoms with Crippen LogP contribution in [-0.2, 0) is 11.2 Å². The van der Waals surface area contributed by atoms with Crippen LogP contribution in [0.1, 0.15) is 50.8 Å². The predicted octanol–water partition coefficient (Wildman–Crippen LogP) is 3.41. The fourth-order valence-electron chi connectivity index (χ4n) is 2.73. The van der Waals surface area contributed by atoms with Crippen molar-refractivity contribution in [3.05, 3.63) is 29.1 Å². The largest absolute Gasteiger partial charge is 0.326 e. The first-order valence-electron chi connectivity index (χ1n) is 7.36. The smallest absolute Gasteiger partial charge is 0.224 e. The maximum absolute atomic E-state index is 14.3. The molecular weight excluding hydrogens is 255 g/mol. The molecule has 0 bridgehead atoms. The highest BCUT2D eigenvalue weighted by atomic mass is 19.1. The highest BCUT2D eigenvalue weighted by Gasteiger charge is 2.22. The van der Waals surface area contributed by atoms with E-state index in [0.29, 0.717) is 24.4 Å². The Morgan fingerprint density at radius 2 is 2.10 bits per heavy atom. The van der Waals surface area contributed by atoms with Crippen molar-refractivity contribution in [2.75, 3.05) is 11.9 Å². The number of hydrogen-bond acceptors (Lipinski definition) is 2. The van der Waals surface area contributed by atoms with Crippen molar-refractivity contribution >= 4 is 11.6 Å². The number of amides is 1. The monoisotopic (exact) mass is 278 g/mol. The van der Waals surface area contributed by atoms with Crippen LogP contribution < -0.4 is 10.6 Å². The lowest BCUT2D eigenvalue weighted by Gasteiger charge is -2.24. The Bertz CT molecular complexity index is 499. The first kappa shape index (κ1) is 15.0. The van der Waals surface area contributed by atoms with Crippen molar-refractivity contribution in [2.24, 2.45) is 5.92 Å². The van der Waals surface area contributed by atoms with Crippen LogP contribution in [0.2, 0.25) is 0 Å². The molecule has 0 aromatic heterocycles. The molecule has 1 aliphatic rings. The number of halogens is 1. The molecule has 1 aliphatic heterocycles. The Hall–Kier alpha value is -1.42. The van der Waals surface area contributed by atoms with Crippen LogP contribution in [0.4, 0.5) is 10.1 Å². The summed E-state index contributed by atoms with van der Waals surface area (Å²) < 4.78 is 14.3. The van der Waals surface area contributed by atoms with Gasteiger partial charge in [-0.2, -0.15) is 0 Å². The summed E-state index contributed by atoms with van der Waals surface area (Å²) in [6.45, 7) is 7.12. The molecule has 4 heteroatoms. The number of anilines is 1. The second-order valence-electron chi connectivity index (χ2n) is 5.82. The summed E-state index contributed by atoms with van der Waals surface area (Å²) in [5, 5.41) is 6.10. The van der Waals surface area contributed by atoms with Gasteiger partial charge in [-0.25, -0.2) is 4.39 Å². The summed E-state index contributed by atoms with van der Waals surface area (Å²) in [5.74, 6) is 0.224. The van der Waals surface area contributed by atoms with E-state index in [-0.39, 0.29) is 17.8 Å². The first-order valence-corrected chi connectivity index (χ1v) is 7.36. The lowest BCUT2D eigenvalue weighted by Crippen LogP contribution is -2.25. The molecule has 1 unspecified atom stereocenters. The fourth-order valence-corrected chi connectivity index (χ4v) is 2.73. The van der Waals surface area contributed by atoms with Crippen molar-refractivity contribution in [3.63, 3.8) is 0 Å². The van der Waals surface area contributed by atoms with E-state index in [1.165, 1.54) is 6.07 Å². The molecule has 110 valence electrons. The van der Waals surface area contributed by atoms with E-state index < -0.39 is 0 Å². The van der Waals surface area contributed by atoms with Crippen LogP contribution in [0.3, 0.4) is 0 Å². The number of nitrogens with one attached hydrogen (secondary N) is 2. The maximum Gasteiger partial charge on any atom is 0.224 e. The summed E-state index contributed by atoms with van der Waals surface area (Å²) in [6, 6.07) is 3.41. The molecule has 0 saturated carbocycles. The van der Waals surface area contributed by atoms with E-state index in [2.05, 4.69) is 24.5 Å². The lowest BCUT2D eigenvalue weighted by atomic mass is 9.92. The van der Waals surface area contributed by atoms with Crippen LogP contribution >= 0.6 is 0 Å². The van der Waals surface area contributed by atoms with E-state index in [0.717, 1.165) is 24.1 Å². The molecule has 0 aliphatic carbocycles. The highest BCUT2D eigenvalue weighted by Crippen LogP contribution is 2.31. The Morgan fingerprint density at radius 1 is 1.35 bits per heavy atom. The minimum Gasteiger partial charge on any atom is -0.326 e. The van der Waals surface area contributed by atoms with Crippen molar-refractivity contribution < 1.29 is 9.18 Å². The molecule has 1 aromatic rings. The summed E-state index contributed by atoms with van der Waals surface area (Å²) >= 11 is 0. The second kappa shape index (κ2) is 6.35. The maximum atomic E-state index is 14.3. The van der Waals surface area contributed by atoms with Crippen LogP contribution in [0.15, 0.2) is 12.1 Å². The normalized spacial score (nSPS) is 15.9. The van der Waals surface area contributed by atoms with E-state index >= 15 is 0 Å². The number of rotatable bonds is 5. The van der Waals surface area contributed by atoms with Crippen molar-refractivity contribution in [1.82, 2.24) is 5.32 Å². The summed E-state index contributed by atoms with van der Waals surface area (Å²) in [4.78, 5) is 11.4. The van der Waals surface area contributed by atoms with E-state index in [1.54, 1.807) is 0 Å². The third-order valence-electron chi connectivity index (χ3n) is 3.65. The highest BCUT2D eigenvalue weighted by molar-refractivity contribution is 5.93. The minimum absolute atomic E-state index is 0.0305. The van der Waals surface area contributed by atoms with Gasteiger partial charge in [0.05, 0.1) is 0 Å². The van der Waals surface area contributed by atoms with Crippen LogP contribution in [0.25, 0.3) is 0 Å². The van der Waals surface area contributed by atoms with Gasteiger partial charge < -0.3 is 10.6 Å². The quantitative estimate of drug-likeness (QED) is 0.866. The molecule has 2 N–H and O–H groups in total. The summed E-state index contributed by atoms with van der Waals surface area (Å²) in [5.41, 5.74) is 2.38. The zero-order valence-electron chi connectivity index (χ0n) is 12.4. The molecule has 2 rings (SSSR count). The molecule has 0 radical (unpaired) electrons. The number of carbonyl (C=O) groups excluding carboxylic acids is 1. The van der Waals surface area contributed by atoms with E-state index in [9.17, 15) is 9.18 Å². The SMILES string of the molecule is CCNC(CC(C)C)c1cc2c(cc1F)NC(=O)CC2. The van der Waals surface area contributed by atoms with Crippen molar-refractivity contribution in [3.8, 4) is 0 Å². The lowest BCUT2D eigenvalue weighted by molar-refractivity contribution is -0.116.